The number of anilines is 2. The number of benzene rings is 3. The average molecular weight is 470 g/mol. The summed E-state index contributed by atoms with van der Waals surface area (Å²) in [5, 5.41) is 5.19. The monoisotopic (exact) mass is 469 g/mol. The van der Waals surface area contributed by atoms with Crippen molar-refractivity contribution in [3.8, 4) is 0 Å². The third kappa shape index (κ3) is 4.80. The maximum absolute atomic E-state index is 14.4. The lowest BCUT2D eigenvalue weighted by molar-refractivity contribution is 0.208. The van der Waals surface area contributed by atoms with Crippen LogP contribution in [0, 0.1) is 19.7 Å². The van der Waals surface area contributed by atoms with Crippen molar-refractivity contribution in [1.29, 1.82) is 0 Å². The molecule has 6 nitrogen and oxygen atoms in total. The summed E-state index contributed by atoms with van der Waals surface area (Å²) in [4.78, 5) is 26.3. The fourth-order valence-corrected chi connectivity index (χ4v) is 4.67. The number of nitrogens with one attached hydrogen (secondary N) is 1. The van der Waals surface area contributed by atoms with Gasteiger partial charge in [-0.15, -0.1) is 0 Å². The molecule has 2 amide bonds. The van der Waals surface area contributed by atoms with Gasteiger partial charge < -0.3 is 15.1 Å². The Bertz CT molecular complexity index is 1380. The van der Waals surface area contributed by atoms with Gasteiger partial charge in [-0.25, -0.2) is 19.2 Å². The van der Waals surface area contributed by atoms with E-state index in [1.165, 1.54) is 6.07 Å². The predicted octanol–water partition coefficient (Wildman–Crippen LogP) is 5.33. The fourth-order valence-electron chi connectivity index (χ4n) is 4.67. The minimum absolute atomic E-state index is 0.109. The predicted molar refractivity (Wildman–Crippen MR) is 137 cm³/mol. The number of rotatable bonds is 4. The lowest BCUT2D eigenvalue weighted by atomic mass is 10.0. The van der Waals surface area contributed by atoms with Gasteiger partial charge in [0.1, 0.15) is 17.5 Å². The summed E-state index contributed by atoms with van der Waals surface area (Å²) in [5.41, 5.74) is 3.21. The Morgan fingerprint density at radius 2 is 1.63 bits per heavy atom. The molecule has 0 radical (unpaired) electrons. The Balaban J connectivity index is 1.31. The molecule has 1 aliphatic rings. The van der Waals surface area contributed by atoms with E-state index >= 15 is 0 Å². The molecule has 7 heteroatoms. The number of hydrogen-bond donors (Lipinski definition) is 1. The van der Waals surface area contributed by atoms with Gasteiger partial charge in [-0.2, -0.15) is 0 Å². The standard InChI is InChI=1S/C28H28FN5O/c1-19-24(18-22-9-4-6-12-25(22)29)27(31-20(2)30-19)33-14-16-34(17-15-33)28(35)32-26-13-7-10-21-8-3-5-11-23(21)26/h3-13H,14-18H2,1-2H3,(H,32,35). The van der Waals surface area contributed by atoms with Gasteiger partial charge in [0, 0.05) is 49.2 Å². The molecule has 178 valence electrons. The van der Waals surface area contributed by atoms with Crippen molar-refractivity contribution in [2.45, 2.75) is 20.3 Å². The van der Waals surface area contributed by atoms with Gasteiger partial charge in [-0.3, -0.25) is 0 Å². The van der Waals surface area contributed by atoms with Gasteiger partial charge in [-0.1, -0.05) is 54.6 Å². The van der Waals surface area contributed by atoms with Crippen LogP contribution in [0.1, 0.15) is 22.6 Å². The molecular weight excluding hydrogens is 441 g/mol. The van der Waals surface area contributed by atoms with E-state index in [0.717, 1.165) is 33.5 Å². The van der Waals surface area contributed by atoms with E-state index in [-0.39, 0.29) is 11.8 Å². The van der Waals surface area contributed by atoms with Crippen LogP contribution in [-0.4, -0.2) is 47.1 Å². The Labute approximate surface area is 204 Å². The molecule has 1 aromatic heterocycles. The molecule has 1 fully saturated rings. The highest BCUT2D eigenvalue weighted by atomic mass is 19.1. The molecule has 0 atom stereocenters. The molecular formula is C28H28FN5O. The Hall–Kier alpha value is -4.00. The first-order valence-electron chi connectivity index (χ1n) is 11.9. The SMILES string of the molecule is Cc1nc(C)c(Cc2ccccc2F)c(N2CCN(C(=O)Nc3cccc4ccccc34)CC2)n1. The Morgan fingerprint density at radius 1 is 0.914 bits per heavy atom. The summed E-state index contributed by atoms with van der Waals surface area (Å²) < 4.78 is 14.4. The summed E-state index contributed by atoms with van der Waals surface area (Å²) in [6.45, 7) is 6.24. The largest absolute Gasteiger partial charge is 0.353 e. The number of nitrogens with zero attached hydrogens (tertiary/aromatic N) is 4. The van der Waals surface area contributed by atoms with E-state index in [0.29, 0.717) is 44.0 Å². The highest BCUT2D eigenvalue weighted by Crippen LogP contribution is 2.27. The molecule has 0 unspecified atom stereocenters. The number of carbonyl (C=O) groups is 1. The number of halogens is 1. The van der Waals surface area contributed by atoms with Crippen molar-refractivity contribution in [2.24, 2.45) is 0 Å². The van der Waals surface area contributed by atoms with Crippen LogP contribution < -0.4 is 10.2 Å². The first-order valence-corrected chi connectivity index (χ1v) is 11.9. The van der Waals surface area contributed by atoms with Gasteiger partial charge >= 0.3 is 6.03 Å². The topological polar surface area (TPSA) is 61.4 Å². The highest BCUT2D eigenvalue weighted by molar-refractivity contribution is 6.01. The van der Waals surface area contributed by atoms with Gasteiger partial charge in [-0.05, 0) is 36.9 Å². The van der Waals surface area contributed by atoms with E-state index in [1.807, 2.05) is 67.3 Å². The zero-order valence-electron chi connectivity index (χ0n) is 20.0. The fraction of sp³-hybridized carbons (Fsp3) is 0.250. The van der Waals surface area contributed by atoms with Crippen molar-refractivity contribution in [2.75, 3.05) is 36.4 Å². The van der Waals surface area contributed by atoms with Crippen LogP contribution in [0.3, 0.4) is 0 Å². The van der Waals surface area contributed by atoms with Crippen LogP contribution in [0.2, 0.25) is 0 Å². The first kappa shape index (κ1) is 22.8. The second-order valence-corrected chi connectivity index (χ2v) is 8.86. The third-order valence-electron chi connectivity index (χ3n) is 6.53. The molecule has 1 N–H and O–H groups in total. The molecule has 0 bridgehead atoms. The van der Waals surface area contributed by atoms with Crippen LogP contribution in [0.25, 0.3) is 10.8 Å². The number of amides is 2. The summed E-state index contributed by atoms with van der Waals surface area (Å²) in [6.07, 6.45) is 0.426. The number of aryl methyl sites for hydroxylation is 2. The number of carbonyl (C=O) groups excluding carboxylic acids is 1. The molecule has 0 aliphatic carbocycles. The van der Waals surface area contributed by atoms with E-state index in [2.05, 4.69) is 15.2 Å². The Kier molecular flexibility index (Phi) is 6.31. The normalized spacial score (nSPS) is 13.8. The first-order chi connectivity index (χ1) is 17.0. The second kappa shape index (κ2) is 9.70. The number of fused-ring (bicyclic) bond motifs is 1. The summed E-state index contributed by atoms with van der Waals surface area (Å²) >= 11 is 0. The van der Waals surface area contributed by atoms with E-state index in [1.54, 1.807) is 12.1 Å². The number of urea groups is 1. The number of hydrogen-bond acceptors (Lipinski definition) is 4. The third-order valence-corrected chi connectivity index (χ3v) is 6.53. The average Bonchev–Trinajstić information content (AvgIpc) is 2.87. The van der Waals surface area contributed by atoms with Crippen LogP contribution >= 0.6 is 0 Å². The Morgan fingerprint density at radius 3 is 2.43 bits per heavy atom. The van der Waals surface area contributed by atoms with Crippen LogP contribution in [0.5, 0.6) is 0 Å². The second-order valence-electron chi connectivity index (χ2n) is 8.86. The molecule has 1 aliphatic heterocycles. The van der Waals surface area contributed by atoms with Gasteiger partial charge in [0.25, 0.3) is 0 Å². The minimum Gasteiger partial charge on any atom is -0.353 e. The van der Waals surface area contributed by atoms with Crippen LogP contribution in [0.15, 0.2) is 66.7 Å². The molecule has 5 rings (SSSR count). The minimum atomic E-state index is -0.228. The maximum atomic E-state index is 14.4. The lowest BCUT2D eigenvalue weighted by Gasteiger charge is -2.36. The van der Waals surface area contributed by atoms with Crippen molar-refractivity contribution in [3.05, 3.63) is 95.2 Å². The van der Waals surface area contributed by atoms with Crippen molar-refractivity contribution in [1.82, 2.24) is 14.9 Å². The number of piperazine rings is 1. The van der Waals surface area contributed by atoms with E-state index < -0.39 is 0 Å². The smallest absolute Gasteiger partial charge is 0.321 e. The van der Waals surface area contributed by atoms with Crippen molar-refractivity contribution >= 4 is 28.3 Å². The van der Waals surface area contributed by atoms with Gasteiger partial charge in [0.15, 0.2) is 0 Å². The molecule has 1 saturated heterocycles. The zero-order valence-corrected chi connectivity index (χ0v) is 20.0. The summed E-state index contributed by atoms with van der Waals surface area (Å²) in [6, 6.07) is 20.6. The zero-order chi connectivity index (χ0) is 24.4. The van der Waals surface area contributed by atoms with Crippen LogP contribution in [-0.2, 0) is 6.42 Å². The molecule has 0 saturated carbocycles. The quantitative estimate of drug-likeness (QED) is 0.439. The maximum Gasteiger partial charge on any atom is 0.321 e. The van der Waals surface area contributed by atoms with E-state index in [4.69, 9.17) is 4.98 Å². The van der Waals surface area contributed by atoms with Crippen molar-refractivity contribution < 1.29 is 9.18 Å². The molecule has 35 heavy (non-hydrogen) atoms. The highest BCUT2D eigenvalue weighted by Gasteiger charge is 2.25. The lowest BCUT2D eigenvalue weighted by Crippen LogP contribution is -2.50. The van der Waals surface area contributed by atoms with Crippen LogP contribution in [0.4, 0.5) is 20.7 Å². The summed E-state index contributed by atoms with van der Waals surface area (Å²) in [5.74, 6) is 1.28. The molecule has 2 heterocycles. The summed E-state index contributed by atoms with van der Waals surface area (Å²) in [7, 11) is 0. The van der Waals surface area contributed by atoms with Crippen molar-refractivity contribution in [3.63, 3.8) is 0 Å². The van der Waals surface area contributed by atoms with Gasteiger partial charge in [0.2, 0.25) is 0 Å². The number of aromatic nitrogens is 2. The van der Waals surface area contributed by atoms with Gasteiger partial charge in [0.05, 0.1) is 5.69 Å². The molecule has 0 spiro atoms. The van der Waals surface area contributed by atoms with E-state index in [9.17, 15) is 9.18 Å². The molecule has 4 aromatic rings. The molecule has 3 aromatic carbocycles.